The zero-order valence-corrected chi connectivity index (χ0v) is 15.6. The highest BCUT2D eigenvalue weighted by Gasteiger charge is 2.35. The van der Waals surface area contributed by atoms with Gasteiger partial charge in [-0.25, -0.2) is 0 Å². The topological polar surface area (TPSA) is 98.1 Å². The van der Waals surface area contributed by atoms with Gasteiger partial charge < -0.3 is 24.1 Å². The summed E-state index contributed by atoms with van der Waals surface area (Å²) in [5.74, 6) is -0.272. The van der Waals surface area contributed by atoms with Crippen LogP contribution in [0.2, 0.25) is 0 Å². The van der Waals surface area contributed by atoms with Gasteiger partial charge in [0.05, 0.1) is 25.8 Å². The van der Waals surface area contributed by atoms with Crippen LogP contribution >= 0.6 is 0 Å². The summed E-state index contributed by atoms with van der Waals surface area (Å²) in [6.07, 6.45) is 1.61. The summed E-state index contributed by atoms with van der Waals surface area (Å²) in [6, 6.07) is 10.8. The van der Waals surface area contributed by atoms with E-state index in [1.54, 1.807) is 36.3 Å². The van der Waals surface area contributed by atoms with Gasteiger partial charge in [0, 0.05) is 19.5 Å². The number of ether oxygens (including phenoxy) is 2. The number of hydrogen-bond acceptors (Lipinski definition) is 6. The summed E-state index contributed by atoms with van der Waals surface area (Å²) in [6.45, 7) is 0.515. The smallest absolute Gasteiger partial charge is 0.311 e. The van der Waals surface area contributed by atoms with E-state index in [4.69, 9.17) is 13.9 Å². The zero-order valence-electron chi connectivity index (χ0n) is 15.6. The van der Waals surface area contributed by atoms with E-state index in [2.05, 4.69) is 5.32 Å². The Morgan fingerprint density at radius 1 is 1.25 bits per heavy atom. The second kappa shape index (κ2) is 9.07. The lowest BCUT2D eigenvalue weighted by Crippen LogP contribution is -2.31. The molecular formula is C20H22N2O6. The Morgan fingerprint density at radius 2 is 2.04 bits per heavy atom. The largest absolute Gasteiger partial charge is 0.497 e. The van der Waals surface area contributed by atoms with Gasteiger partial charge in [-0.2, -0.15) is 0 Å². The lowest BCUT2D eigenvalue weighted by molar-refractivity contribution is -0.152. The first-order chi connectivity index (χ1) is 13.5. The Balaban J connectivity index is 1.39. The van der Waals surface area contributed by atoms with E-state index in [-0.39, 0.29) is 25.5 Å². The summed E-state index contributed by atoms with van der Waals surface area (Å²) < 4.78 is 15.4. The van der Waals surface area contributed by atoms with Crippen molar-refractivity contribution in [2.75, 3.05) is 20.3 Å². The molecule has 0 bridgehead atoms. The minimum Gasteiger partial charge on any atom is -0.497 e. The van der Waals surface area contributed by atoms with Crippen LogP contribution < -0.4 is 10.1 Å². The summed E-state index contributed by atoms with van der Waals surface area (Å²) >= 11 is 0. The molecule has 2 amide bonds. The number of methoxy groups -OCH3 is 1. The van der Waals surface area contributed by atoms with E-state index in [0.29, 0.717) is 18.8 Å². The molecule has 0 radical (unpaired) electrons. The van der Waals surface area contributed by atoms with Crippen molar-refractivity contribution in [2.45, 2.75) is 19.5 Å². The number of nitrogens with zero attached hydrogens (tertiary/aromatic N) is 1. The highest BCUT2D eigenvalue weighted by Crippen LogP contribution is 2.21. The van der Waals surface area contributed by atoms with Crippen LogP contribution in [0, 0.1) is 5.92 Å². The van der Waals surface area contributed by atoms with E-state index >= 15 is 0 Å². The van der Waals surface area contributed by atoms with Gasteiger partial charge in [-0.05, 0) is 29.8 Å². The van der Waals surface area contributed by atoms with Gasteiger partial charge in [0.2, 0.25) is 5.91 Å². The fraction of sp³-hybridized carbons (Fsp3) is 0.350. The van der Waals surface area contributed by atoms with Gasteiger partial charge in [0.25, 0.3) is 5.91 Å². The normalized spacial score (nSPS) is 16.1. The lowest BCUT2D eigenvalue weighted by Gasteiger charge is -2.14. The molecule has 0 spiro atoms. The van der Waals surface area contributed by atoms with Crippen molar-refractivity contribution < 1.29 is 28.3 Å². The minimum atomic E-state index is -0.572. The number of carbonyl (C=O) groups is 3. The Labute approximate surface area is 162 Å². The lowest BCUT2D eigenvalue weighted by atomic mass is 10.1. The molecule has 1 aromatic carbocycles. The third-order valence-corrected chi connectivity index (χ3v) is 4.47. The molecule has 28 heavy (non-hydrogen) atoms. The molecule has 2 heterocycles. The molecule has 0 aliphatic carbocycles. The third kappa shape index (κ3) is 5.12. The molecule has 0 saturated carbocycles. The van der Waals surface area contributed by atoms with Crippen LogP contribution in [-0.2, 0) is 32.2 Å². The number of esters is 1. The number of amides is 2. The molecule has 1 atom stereocenters. The van der Waals surface area contributed by atoms with E-state index < -0.39 is 17.8 Å². The molecule has 1 N–H and O–H groups in total. The predicted molar refractivity (Wildman–Crippen MR) is 98.0 cm³/mol. The van der Waals surface area contributed by atoms with Crippen molar-refractivity contribution in [3.63, 3.8) is 0 Å². The van der Waals surface area contributed by atoms with Crippen molar-refractivity contribution in [1.29, 1.82) is 0 Å². The number of nitrogens with one attached hydrogen (secondary N) is 1. The maximum atomic E-state index is 12.2. The summed E-state index contributed by atoms with van der Waals surface area (Å²) in [5.41, 5.74) is 0.899. The van der Waals surface area contributed by atoms with Crippen LogP contribution in [0.15, 0.2) is 47.1 Å². The fourth-order valence-corrected chi connectivity index (χ4v) is 2.92. The van der Waals surface area contributed by atoms with E-state index in [1.807, 2.05) is 12.1 Å². The van der Waals surface area contributed by atoms with E-state index in [9.17, 15) is 14.4 Å². The Bertz CT molecular complexity index is 816. The van der Waals surface area contributed by atoms with Gasteiger partial charge in [-0.15, -0.1) is 0 Å². The molecule has 8 nitrogen and oxygen atoms in total. The molecule has 148 valence electrons. The molecule has 8 heteroatoms. The van der Waals surface area contributed by atoms with Crippen molar-refractivity contribution in [3.05, 3.63) is 54.0 Å². The van der Waals surface area contributed by atoms with Gasteiger partial charge in [-0.1, -0.05) is 12.1 Å². The molecular weight excluding hydrogens is 364 g/mol. The first-order valence-electron chi connectivity index (χ1n) is 8.91. The van der Waals surface area contributed by atoms with Crippen molar-refractivity contribution in [1.82, 2.24) is 10.2 Å². The molecule has 0 unspecified atom stereocenters. The summed E-state index contributed by atoms with van der Waals surface area (Å²) in [4.78, 5) is 37.7. The number of furan rings is 1. The zero-order chi connectivity index (χ0) is 19.9. The van der Waals surface area contributed by atoms with Crippen LogP contribution in [0.25, 0.3) is 0 Å². The van der Waals surface area contributed by atoms with Crippen LogP contribution in [0.1, 0.15) is 17.7 Å². The van der Waals surface area contributed by atoms with Crippen molar-refractivity contribution in [3.8, 4) is 5.75 Å². The molecule has 1 fully saturated rings. The SMILES string of the molecule is COc1ccc(CNC(=O)COC(=O)[C@@H]2CC(=O)N(Cc3ccco3)C2)cc1. The number of likely N-dealkylation sites (tertiary alicyclic amines) is 1. The second-order valence-electron chi connectivity index (χ2n) is 6.49. The van der Waals surface area contributed by atoms with Gasteiger partial charge in [-0.3, -0.25) is 14.4 Å². The molecule has 1 aliphatic rings. The third-order valence-electron chi connectivity index (χ3n) is 4.47. The molecule has 1 saturated heterocycles. The molecule has 1 aliphatic heterocycles. The predicted octanol–water partition coefficient (Wildman–Crippen LogP) is 1.50. The second-order valence-corrected chi connectivity index (χ2v) is 6.49. The first kappa shape index (κ1) is 19.5. The maximum absolute atomic E-state index is 12.2. The Kier molecular flexibility index (Phi) is 6.31. The Hall–Kier alpha value is -3.29. The number of rotatable bonds is 8. The minimum absolute atomic E-state index is 0.0764. The molecule has 3 rings (SSSR count). The standard InChI is InChI=1S/C20H22N2O6/c1-26-16-6-4-14(5-7-16)10-21-18(23)13-28-20(25)15-9-19(24)22(11-15)12-17-3-2-8-27-17/h2-8,15H,9-13H2,1H3,(H,21,23)/t15-/m1/s1. The monoisotopic (exact) mass is 386 g/mol. The average Bonchev–Trinajstić information content (AvgIpc) is 3.35. The quantitative estimate of drug-likeness (QED) is 0.691. The Morgan fingerprint density at radius 3 is 2.71 bits per heavy atom. The average molecular weight is 386 g/mol. The van der Waals surface area contributed by atoms with Crippen LogP contribution in [-0.4, -0.2) is 42.9 Å². The van der Waals surface area contributed by atoms with Crippen molar-refractivity contribution >= 4 is 17.8 Å². The summed E-state index contributed by atoms with van der Waals surface area (Å²) in [5, 5.41) is 2.68. The van der Waals surface area contributed by atoms with Crippen LogP contribution in [0.5, 0.6) is 5.75 Å². The number of benzene rings is 1. The number of hydrogen-bond donors (Lipinski definition) is 1. The van der Waals surface area contributed by atoms with E-state index in [0.717, 1.165) is 11.3 Å². The van der Waals surface area contributed by atoms with Crippen LogP contribution in [0.3, 0.4) is 0 Å². The summed E-state index contributed by atoms with van der Waals surface area (Å²) in [7, 11) is 1.58. The fourth-order valence-electron chi connectivity index (χ4n) is 2.92. The van der Waals surface area contributed by atoms with Gasteiger partial charge in [0.15, 0.2) is 6.61 Å². The number of carbonyl (C=O) groups excluding carboxylic acids is 3. The first-order valence-corrected chi connectivity index (χ1v) is 8.91. The van der Waals surface area contributed by atoms with Gasteiger partial charge >= 0.3 is 5.97 Å². The molecule has 2 aromatic rings. The highest BCUT2D eigenvalue weighted by atomic mass is 16.5. The highest BCUT2D eigenvalue weighted by molar-refractivity contribution is 5.88. The van der Waals surface area contributed by atoms with E-state index in [1.165, 1.54) is 6.26 Å². The molecule has 1 aromatic heterocycles. The maximum Gasteiger partial charge on any atom is 0.311 e. The van der Waals surface area contributed by atoms with Crippen LogP contribution in [0.4, 0.5) is 0 Å². The van der Waals surface area contributed by atoms with Gasteiger partial charge in [0.1, 0.15) is 11.5 Å². The van der Waals surface area contributed by atoms with Crippen molar-refractivity contribution in [2.24, 2.45) is 5.92 Å².